The van der Waals surface area contributed by atoms with Crippen molar-refractivity contribution in [3.63, 3.8) is 0 Å². The first kappa shape index (κ1) is 17.5. The first-order valence-corrected chi connectivity index (χ1v) is 9.22. The number of unbranched alkanes of at least 4 members (excludes halogenated alkanes) is 5. The molecule has 22 heavy (non-hydrogen) atoms. The highest BCUT2D eigenvalue weighted by Gasteiger charge is 2.24. The molecule has 2 rings (SSSR count). The lowest BCUT2D eigenvalue weighted by molar-refractivity contribution is 0.254. The van der Waals surface area contributed by atoms with Gasteiger partial charge in [-0.05, 0) is 54.7 Å². The zero-order valence-electron chi connectivity index (χ0n) is 14.2. The minimum absolute atomic E-state index is 0.0706. The average Bonchev–Trinajstić information content (AvgIpc) is 2.93. The number of fused-ring (bicyclic) bond motifs is 1. The molecule has 0 saturated heterocycles. The van der Waals surface area contributed by atoms with E-state index in [0.717, 1.165) is 6.42 Å². The predicted molar refractivity (Wildman–Crippen MR) is 94.3 cm³/mol. The van der Waals surface area contributed by atoms with E-state index in [2.05, 4.69) is 25.1 Å². The Balaban J connectivity index is 1.80. The van der Waals surface area contributed by atoms with Crippen LogP contribution in [0.2, 0.25) is 0 Å². The Morgan fingerprint density at radius 1 is 1.18 bits per heavy atom. The molecule has 0 heterocycles. The van der Waals surface area contributed by atoms with E-state index in [-0.39, 0.29) is 12.6 Å². The molecule has 0 aromatic heterocycles. The van der Waals surface area contributed by atoms with Gasteiger partial charge < -0.3 is 10.8 Å². The SMILES string of the molecule is CCCCCCCCc1ccc2c(c1)CC[C@H]2CC(N)CO. The summed E-state index contributed by atoms with van der Waals surface area (Å²) in [5.41, 5.74) is 10.4. The number of aryl methyl sites for hydroxylation is 2. The highest BCUT2D eigenvalue weighted by atomic mass is 16.3. The van der Waals surface area contributed by atoms with Crippen LogP contribution in [0.15, 0.2) is 18.2 Å². The molecule has 1 unspecified atom stereocenters. The maximum absolute atomic E-state index is 9.14. The molecule has 1 aliphatic rings. The molecule has 0 aliphatic heterocycles. The molecule has 0 amide bonds. The Morgan fingerprint density at radius 2 is 1.95 bits per heavy atom. The van der Waals surface area contributed by atoms with E-state index in [1.54, 1.807) is 0 Å². The van der Waals surface area contributed by atoms with E-state index in [4.69, 9.17) is 10.8 Å². The van der Waals surface area contributed by atoms with Crippen LogP contribution in [0.25, 0.3) is 0 Å². The van der Waals surface area contributed by atoms with Gasteiger partial charge >= 0.3 is 0 Å². The molecule has 2 heteroatoms. The largest absolute Gasteiger partial charge is 0.395 e. The van der Waals surface area contributed by atoms with Crippen LogP contribution < -0.4 is 5.73 Å². The molecule has 0 radical (unpaired) electrons. The minimum atomic E-state index is -0.0706. The maximum Gasteiger partial charge on any atom is 0.0582 e. The summed E-state index contributed by atoms with van der Waals surface area (Å²) in [5.74, 6) is 0.556. The van der Waals surface area contributed by atoms with Crippen molar-refractivity contribution in [2.45, 2.75) is 83.1 Å². The Kier molecular flexibility index (Phi) is 7.41. The molecule has 2 atom stereocenters. The topological polar surface area (TPSA) is 46.2 Å². The Morgan fingerprint density at radius 3 is 2.73 bits per heavy atom. The zero-order valence-corrected chi connectivity index (χ0v) is 14.2. The second-order valence-electron chi connectivity index (χ2n) is 6.96. The Hall–Kier alpha value is -0.860. The molecule has 0 fully saturated rings. The summed E-state index contributed by atoms with van der Waals surface area (Å²) in [6.07, 6.45) is 12.7. The van der Waals surface area contributed by atoms with Crippen LogP contribution in [0.3, 0.4) is 0 Å². The van der Waals surface area contributed by atoms with Crippen LogP contribution in [-0.4, -0.2) is 17.8 Å². The van der Waals surface area contributed by atoms with Crippen molar-refractivity contribution in [3.05, 3.63) is 34.9 Å². The highest BCUT2D eigenvalue weighted by molar-refractivity contribution is 5.38. The molecular weight excluding hydrogens is 270 g/mol. The van der Waals surface area contributed by atoms with Crippen molar-refractivity contribution in [3.8, 4) is 0 Å². The molecule has 3 N–H and O–H groups in total. The van der Waals surface area contributed by atoms with Crippen molar-refractivity contribution in [2.24, 2.45) is 5.73 Å². The molecule has 1 aromatic carbocycles. The van der Waals surface area contributed by atoms with Gasteiger partial charge in [0.15, 0.2) is 0 Å². The molecule has 124 valence electrons. The van der Waals surface area contributed by atoms with Crippen LogP contribution in [0.4, 0.5) is 0 Å². The lowest BCUT2D eigenvalue weighted by Crippen LogP contribution is -2.26. The van der Waals surface area contributed by atoms with Gasteiger partial charge in [-0.15, -0.1) is 0 Å². The van der Waals surface area contributed by atoms with Gasteiger partial charge in [0.05, 0.1) is 6.61 Å². The summed E-state index contributed by atoms with van der Waals surface area (Å²) in [6, 6.07) is 6.99. The third-order valence-corrected chi connectivity index (χ3v) is 5.05. The van der Waals surface area contributed by atoms with Crippen molar-refractivity contribution < 1.29 is 5.11 Å². The molecule has 0 saturated carbocycles. The molecule has 1 aliphatic carbocycles. The van der Waals surface area contributed by atoms with Gasteiger partial charge in [0, 0.05) is 6.04 Å². The van der Waals surface area contributed by atoms with E-state index >= 15 is 0 Å². The highest BCUT2D eigenvalue weighted by Crippen LogP contribution is 2.36. The average molecular weight is 303 g/mol. The molecule has 2 nitrogen and oxygen atoms in total. The molecule has 0 bridgehead atoms. The quantitative estimate of drug-likeness (QED) is 0.632. The van der Waals surface area contributed by atoms with Crippen molar-refractivity contribution in [2.75, 3.05) is 6.61 Å². The summed E-state index contributed by atoms with van der Waals surface area (Å²) in [7, 11) is 0. The van der Waals surface area contributed by atoms with Gasteiger partial charge in [0.2, 0.25) is 0 Å². The second kappa shape index (κ2) is 9.32. The third-order valence-electron chi connectivity index (χ3n) is 5.05. The molecule has 0 spiro atoms. The first-order valence-electron chi connectivity index (χ1n) is 9.22. The predicted octanol–water partition coefficient (Wildman–Crippen LogP) is 4.33. The Labute approximate surface area is 136 Å². The van der Waals surface area contributed by atoms with Crippen LogP contribution in [0, 0.1) is 0 Å². The lowest BCUT2D eigenvalue weighted by Gasteiger charge is -2.16. The van der Waals surface area contributed by atoms with E-state index < -0.39 is 0 Å². The fraction of sp³-hybridized carbons (Fsp3) is 0.700. The summed E-state index contributed by atoms with van der Waals surface area (Å²) in [5, 5.41) is 9.14. The van der Waals surface area contributed by atoms with Gasteiger partial charge in [0.1, 0.15) is 0 Å². The number of hydrogen-bond acceptors (Lipinski definition) is 2. The van der Waals surface area contributed by atoms with Gasteiger partial charge in [-0.1, -0.05) is 57.2 Å². The molecule has 1 aromatic rings. The summed E-state index contributed by atoms with van der Waals surface area (Å²) in [4.78, 5) is 0. The standard InChI is InChI=1S/C20H33NO/c1-2-3-4-5-6-7-8-16-9-12-20-17(13-16)10-11-18(20)14-19(21)15-22/h9,12-13,18-19,22H,2-8,10-11,14-15,21H2,1H3/t18-,19?/m0/s1. The number of rotatable bonds is 10. The number of aliphatic hydroxyl groups excluding tert-OH is 1. The Bertz CT molecular complexity index is 443. The van der Waals surface area contributed by atoms with Crippen LogP contribution >= 0.6 is 0 Å². The summed E-state index contributed by atoms with van der Waals surface area (Å²) in [6.45, 7) is 2.37. The summed E-state index contributed by atoms with van der Waals surface area (Å²) >= 11 is 0. The van der Waals surface area contributed by atoms with E-state index in [1.807, 2.05) is 0 Å². The fourth-order valence-corrected chi connectivity index (χ4v) is 3.71. The monoisotopic (exact) mass is 303 g/mol. The zero-order chi connectivity index (χ0) is 15.8. The van der Waals surface area contributed by atoms with E-state index in [0.29, 0.717) is 5.92 Å². The first-order chi connectivity index (χ1) is 10.7. The van der Waals surface area contributed by atoms with Crippen molar-refractivity contribution >= 4 is 0 Å². The van der Waals surface area contributed by atoms with Gasteiger partial charge in [0.25, 0.3) is 0 Å². The number of aliphatic hydroxyl groups is 1. The molecular formula is C20H33NO. The maximum atomic E-state index is 9.14. The van der Waals surface area contributed by atoms with E-state index in [9.17, 15) is 0 Å². The summed E-state index contributed by atoms with van der Waals surface area (Å²) < 4.78 is 0. The van der Waals surface area contributed by atoms with Crippen LogP contribution in [0.1, 0.15) is 80.9 Å². The van der Waals surface area contributed by atoms with E-state index in [1.165, 1.54) is 74.5 Å². The number of benzene rings is 1. The van der Waals surface area contributed by atoms with Gasteiger partial charge in [-0.25, -0.2) is 0 Å². The van der Waals surface area contributed by atoms with Crippen molar-refractivity contribution in [1.29, 1.82) is 0 Å². The number of nitrogens with two attached hydrogens (primary N) is 1. The van der Waals surface area contributed by atoms with Crippen LogP contribution in [-0.2, 0) is 12.8 Å². The third kappa shape index (κ3) is 5.10. The van der Waals surface area contributed by atoms with Crippen LogP contribution in [0.5, 0.6) is 0 Å². The fourth-order valence-electron chi connectivity index (χ4n) is 3.71. The second-order valence-corrected chi connectivity index (χ2v) is 6.96. The normalized spacial score (nSPS) is 18.4. The minimum Gasteiger partial charge on any atom is -0.395 e. The number of hydrogen-bond donors (Lipinski definition) is 2. The van der Waals surface area contributed by atoms with Gasteiger partial charge in [-0.2, -0.15) is 0 Å². The van der Waals surface area contributed by atoms with Crippen molar-refractivity contribution in [1.82, 2.24) is 0 Å². The smallest absolute Gasteiger partial charge is 0.0582 e. The van der Waals surface area contributed by atoms with Gasteiger partial charge in [-0.3, -0.25) is 0 Å². The lowest BCUT2D eigenvalue weighted by atomic mass is 9.93.